The van der Waals surface area contributed by atoms with Gasteiger partial charge in [-0.25, -0.2) is 0 Å². The lowest BCUT2D eigenvalue weighted by Gasteiger charge is -1.96. The molecule has 1 amide bonds. The van der Waals surface area contributed by atoms with E-state index >= 15 is 0 Å². The number of ketones is 1. The Bertz CT molecular complexity index is 672. The van der Waals surface area contributed by atoms with E-state index in [0.717, 1.165) is 10.9 Å². The first-order chi connectivity index (χ1) is 8.74. The molecule has 2 N–H and O–H groups in total. The quantitative estimate of drug-likeness (QED) is 0.640. The lowest BCUT2D eigenvalue weighted by Crippen LogP contribution is -2.14. The van der Waals surface area contributed by atoms with E-state index in [1.807, 2.05) is 24.3 Å². The first-order valence-electron chi connectivity index (χ1n) is 5.49. The third-order valence-electron chi connectivity index (χ3n) is 2.74. The van der Waals surface area contributed by atoms with Crippen molar-refractivity contribution in [3.8, 4) is 0 Å². The highest BCUT2D eigenvalue weighted by atomic mass is 32.2. The number of carbonyl (C=O) groups excluding carboxylic acids is 2. The van der Waals surface area contributed by atoms with Gasteiger partial charge < -0.3 is 10.3 Å². The summed E-state index contributed by atoms with van der Waals surface area (Å²) in [5, 5.41) is 4.17. The lowest BCUT2D eigenvalue weighted by molar-refractivity contribution is -0.117. The smallest absolute Gasteiger partial charge is 0.235 e. The predicted molar refractivity (Wildman–Crippen MR) is 71.3 cm³/mol. The Morgan fingerprint density at radius 2 is 2.17 bits per heavy atom. The van der Waals surface area contributed by atoms with E-state index in [1.165, 1.54) is 17.8 Å². The minimum atomic E-state index is -0.0999. The van der Waals surface area contributed by atoms with Gasteiger partial charge >= 0.3 is 0 Å². The van der Waals surface area contributed by atoms with Crippen molar-refractivity contribution < 1.29 is 9.59 Å². The van der Waals surface area contributed by atoms with E-state index in [1.54, 1.807) is 6.20 Å². The number of nitrogens with one attached hydrogen (secondary N) is 2. The molecule has 0 saturated carbocycles. The summed E-state index contributed by atoms with van der Waals surface area (Å²) in [6.45, 7) is 0. The topological polar surface area (TPSA) is 62.0 Å². The number of hydrogen-bond acceptors (Lipinski definition) is 3. The molecule has 0 aliphatic carbocycles. The highest BCUT2D eigenvalue weighted by molar-refractivity contribution is 8.04. The molecule has 2 aromatic rings. The highest BCUT2D eigenvalue weighted by Crippen LogP contribution is 2.22. The average molecular weight is 258 g/mol. The lowest BCUT2D eigenvalue weighted by atomic mass is 10.1. The van der Waals surface area contributed by atoms with Crippen molar-refractivity contribution in [1.29, 1.82) is 0 Å². The monoisotopic (exact) mass is 258 g/mol. The summed E-state index contributed by atoms with van der Waals surface area (Å²) in [4.78, 5) is 26.2. The van der Waals surface area contributed by atoms with E-state index in [9.17, 15) is 9.59 Å². The van der Waals surface area contributed by atoms with Crippen molar-refractivity contribution in [2.24, 2.45) is 0 Å². The molecule has 0 radical (unpaired) electrons. The van der Waals surface area contributed by atoms with Crippen LogP contribution < -0.4 is 5.32 Å². The first kappa shape index (κ1) is 11.1. The summed E-state index contributed by atoms with van der Waals surface area (Å²) in [6, 6.07) is 7.63. The fraction of sp³-hybridized carbons (Fsp3) is 0.0769. The number of amides is 1. The average Bonchev–Trinajstić information content (AvgIpc) is 2.95. The van der Waals surface area contributed by atoms with Crippen molar-refractivity contribution in [3.63, 3.8) is 0 Å². The van der Waals surface area contributed by atoms with Crippen LogP contribution in [0.15, 0.2) is 41.6 Å². The largest absolute Gasteiger partial charge is 0.360 e. The van der Waals surface area contributed by atoms with E-state index in [-0.39, 0.29) is 11.7 Å². The zero-order valence-corrected chi connectivity index (χ0v) is 10.2. The fourth-order valence-corrected chi connectivity index (χ4v) is 2.64. The Balaban J connectivity index is 1.95. The van der Waals surface area contributed by atoms with Gasteiger partial charge in [-0.15, -0.1) is 0 Å². The van der Waals surface area contributed by atoms with Crippen LogP contribution in [0, 0.1) is 0 Å². The number of aromatic nitrogens is 1. The van der Waals surface area contributed by atoms with Crippen LogP contribution in [0.25, 0.3) is 10.9 Å². The molecule has 1 aliphatic rings. The van der Waals surface area contributed by atoms with Gasteiger partial charge in [0.1, 0.15) is 0 Å². The molecular weight excluding hydrogens is 248 g/mol. The summed E-state index contributed by atoms with van der Waals surface area (Å²) in [7, 11) is 0. The van der Waals surface area contributed by atoms with Crippen LogP contribution in [0.4, 0.5) is 0 Å². The van der Waals surface area contributed by atoms with Gasteiger partial charge in [-0.1, -0.05) is 30.0 Å². The van der Waals surface area contributed by atoms with Crippen LogP contribution in [0.3, 0.4) is 0 Å². The van der Waals surface area contributed by atoms with E-state index in [0.29, 0.717) is 16.3 Å². The molecular formula is C13H10N2O2S. The number of allylic oxidation sites excluding steroid dienone is 1. The second kappa shape index (κ2) is 4.34. The molecule has 0 atom stereocenters. The van der Waals surface area contributed by atoms with Crippen molar-refractivity contribution in [2.75, 3.05) is 5.75 Å². The van der Waals surface area contributed by atoms with E-state index in [4.69, 9.17) is 0 Å². The molecule has 18 heavy (non-hydrogen) atoms. The van der Waals surface area contributed by atoms with Crippen molar-refractivity contribution in [1.82, 2.24) is 10.3 Å². The molecule has 1 fully saturated rings. The normalized spacial score (nSPS) is 17.3. The van der Waals surface area contributed by atoms with Gasteiger partial charge in [0.25, 0.3) is 0 Å². The molecule has 2 heterocycles. The second-order valence-electron chi connectivity index (χ2n) is 3.96. The molecule has 1 saturated heterocycles. The molecule has 3 rings (SSSR count). The van der Waals surface area contributed by atoms with Gasteiger partial charge in [-0.3, -0.25) is 9.59 Å². The number of aromatic amines is 1. The van der Waals surface area contributed by atoms with Crippen LogP contribution in [-0.4, -0.2) is 22.4 Å². The van der Waals surface area contributed by atoms with Gasteiger partial charge in [0.15, 0.2) is 5.78 Å². The summed E-state index contributed by atoms with van der Waals surface area (Å²) >= 11 is 1.35. The van der Waals surface area contributed by atoms with Crippen LogP contribution in [-0.2, 0) is 4.79 Å². The third kappa shape index (κ3) is 1.93. The number of para-hydroxylation sites is 1. The minimum absolute atomic E-state index is 0.0574. The number of thioether (sulfide) groups is 1. The Kier molecular flexibility index (Phi) is 2.68. The third-order valence-corrected chi connectivity index (χ3v) is 3.68. The zero-order chi connectivity index (χ0) is 12.5. The number of H-pyrrole nitrogens is 1. The van der Waals surface area contributed by atoms with Gasteiger partial charge in [0.05, 0.1) is 10.8 Å². The fourth-order valence-electron chi connectivity index (χ4n) is 1.90. The number of carbonyl (C=O) groups is 2. The van der Waals surface area contributed by atoms with Crippen LogP contribution >= 0.6 is 11.8 Å². The summed E-state index contributed by atoms with van der Waals surface area (Å²) in [6.07, 6.45) is 3.18. The number of hydrogen-bond donors (Lipinski definition) is 2. The van der Waals surface area contributed by atoms with Crippen LogP contribution in [0.1, 0.15) is 10.4 Å². The number of fused-ring (bicyclic) bond motifs is 1. The molecule has 5 heteroatoms. The van der Waals surface area contributed by atoms with Gasteiger partial charge in [0, 0.05) is 28.7 Å². The van der Waals surface area contributed by atoms with Gasteiger partial charge in [-0.2, -0.15) is 0 Å². The summed E-state index contributed by atoms with van der Waals surface area (Å²) in [5.41, 5.74) is 1.56. The molecule has 0 bridgehead atoms. The highest BCUT2D eigenvalue weighted by Gasteiger charge is 2.17. The first-order valence-corrected chi connectivity index (χ1v) is 6.47. The predicted octanol–water partition coefficient (Wildman–Crippen LogP) is 2.05. The van der Waals surface area contributed by atoms with Crippen molar-refractivity contribution in [3.05, 3.63) is 47.1 Å². The Labute approximate surface area is 107 Å². The van der Waals surface area contributed by atoms with Crippen molar-refractivity contribution >= 4 is 34.4 Å². The molecule has 90 valence electrons. The maximum Gasteiger partial charge on any atom is 0.235 e. The number of rotatable bonds is 2. The van der Waals surface area contributed by atoms with Crippen LogP contribution in [0.5, 0.6) is 0 Å². The SMILES string of the molecule is O=C1CS/C(=C\C(=O)c2c[nH]c3ccccc23)N1. The summed E-state index contributed by atoms with van der Waals surface area (Å²) in [5.74, 6) is 0.225. The second-order valence-corrected chi connectivity index (χ2v) is 4.97. The summed E-state index contributed by atoms with van der Waals surface area (Å²) < 4.78 is 0. The van der Waals surface area contributed by atoms with E-state index < -0.39 is 0 Å². The Hall–Kier alpha value is -2.01. The van der Waals surface area contributed by atoms with E-state index in [2.05, 4.69) is 10.3 Å². The molecule has 1 aromatic carbocycles. The Morgan fingerprint density at radius 3 is 2.94 bits per heavy atom. The van der Waals surface area contributed by atoms with Gasteiger partial charge in [0.2, 0.25) is 5.91 Å². The molecule has 4 nitrogen and oxygen atoms in total. The van der Waals surface area contributed by atoms with Crippen molar-refractivity contribution in [2.45, 2.75) is 0 Å². The standard InChI is InChI=1S/C13H10N2O2S/c16-11(5-13-15-12(17)7-18-13)9-6-14-10-4-2-1-3-8(9)10/h1-6,14H,7H2,(H,15,17)/b13-5-. The Morgan fingerprint density at radius 1 is 1.33 bits per heavy atom. The van der Waals surface area contributed by atoms with Gasteiger partial charge in [-0.05, 0) is 6.07 Å². The molecule has 1 aliphatic heterocycles. The maximum absolute atomic E-state index is 12.1. The number of benzene rings is 1. The minimum Gasteiger partial charge on any atom is -0.360 e. The maximum atomic E-state index is 12.1. The molecule has 1 aromatic heterocycles. The molecule has 0 unspecified atom stereocenters. The molecule has 0 spiro atoms. The van der Waals surface area contributed by atoms with Crippen LogP contribution in [0.2, 0.25) is 0 Å². The zero-order valence-electron chi connectivity index (χ0n) is 9.40.